The summed E-state index contributed by atoms with van der Waals surface area (Å²) in [6.07, 6.45) is 8.09. The molecule has 1 N–H and O–H groups in total. The van der Waals surface area contributed by atoms with Crippen molar-refractivity contribution in [1.29, 1.82) is 0 Å². The third-order valence-corrected chi connectivity index (χ3v) is 6.11. The average Bonchev–Trinajstić information content (AvgIpc) is 3.16. The molecule has 4 rings (SSSR count). The first-order valence-corrected chi connectivity index (χ1v) is 8.87. The Hall–Kier alpha value is -0.960. The molecule has 3 aliphatic rings. The molecule has 20 heavy (non-hydrogen) atoms. The van der Waals surface area contributed by atoms with E-state index < -0.39 is 0 Å². The lowest BCUT2D eigenvalue weighted by Crippen LogP contribution is -2.45. The van der Waals surface area contributed by atoms with Crippen molar-refractivity contribution < 1.29 is 0 Å². The Morgan fingerprint density at radius 1 is 1.10 bits per heavy atom. The summed E-state index contributed by atoms with van der Waals surface area (Å²) in [6, 6.07) is 11.4. The average molecular weight is 286 g/mol. The van der Waals surface area contributed by atoms with Crippen molar-refractivity contribution in [2.24, 2.45) is 4.99 Å². The zero-order valence-electron chi connectivity index (χ0n) is 11.8. The summed E-state index contributed by atoms with van der Waals surface area (Å²) in [4.78, 5) is 4.96. The van der Waals surface area contributed by atoms with E-state index in [0.29, 0.717) is 17.5 Å². The number of hydrogen-bond donors (Lipinski definition) is 1. The van der Waals surface area contributed by atoms with Crippen molar-refractivity contribution >= 4 is 16.9 Å². The van der Waals surface area contributed by atoms with Crippen LogP contribution in [-0.4, -0.2) is 22.5 Å². The van der Waals surface area contributed by atoms with Gasteiger partial charge in [0, 0.05) is 17.2 Å². The first-order valence-electron chi connectivity index (χ1n) is 7.88. The molecule has 1 spiro atoms. The van der Waals surface area contributed by atoms with Crippen molar-refractivity contribution in [3.05, 3.63) is 35.9 Å². The Kier molecular flexibility index (Phi) is 3.25. The van der Waals surface area contributed by atoms with Crippen LogP contribution in [0, 0.1) is 0 Å². The molecule has 1 aromatic rings. The Labute approximate surface area is 125 Å². The van der Waals surface area contributed by atoms with Gasteiger partial charge < -0.3 is 5.32 Å². The predicted octanol–water partition coefficient (Wildman–Crippen LogP) is 3.94. The lowest BCUT2D eigenvalue weighted by molar-refractivity contribution is 0.303. The maximum atomic E-state index is 4.96. The van der Waals surface area contributed by atoms with Gasteiger partial charge in [0.2, 0.25) is 0 Å². The normalized spacial score (nSPS) is 33.3. The number of nitrogens with one attached hydrogen (secondary N) is 1. The van der Waals surface area contributed by atoms with Crippen molar-refractivity contribution in [3.8, 4) is 0 Å². The molecule has 0 amide bonds. The van der Waals surface area contributed by atoms with Crippen LogP contribution < -0.4 is 5.32 Å². The molecular formula is C17H22N2S. The topological polar surface area (TPSA) is 24.4 Å². The Balaban J connectivity index is 1.40. The third kappa shape index (κ3) is 2.48. The van der Waals surface area contributed by atoms with Crippen molar-refractivity contribution in [1.82, 2.24) is 5.32 Å². The second-order valence-electron chi connectivity index (χ2n) is 6.51. The van der Waals surface area contributed by atoms with E-state index in [-0.39, 0.29) is 0 Å². The van der Waals surface area contributed by atoms with Crippen LogP contribution in [0.2, 0.25) is 0 Å². The largest absolute Gasteiger partial charge is 0.359 e. The van der Waals surface area contributed by atoms with Gasteiger partial charge in [-0.25, -0.2) is 0 Å². The molecule has 0 bridgehead atoms. The van der Waals surface area contributed by atoms with Gasteiger partial charge in [-0.2, -0.15) is 0 Å². The van der Waals surface area contributed by atoms with Crippen LogP contribution in [0.1, 0.15) is 50.0 Å². The van der Waals surface area contributed by atoms with Crippen LogP contribution >= 0.6 is 11.8 Å². The van der Waals surface area contributed by atoms with Gasteiger partial charge in [-0.15, -0.1) is 0 Å². The second kappa shape index (κ2) is 5.10. The van der Waals surface area contributed by atoms with E-state index in [0.717, 1.165) is 0 Å². The molecule has 1 aliphatic heterocycles. The summed E-state index contributed by atoms with van der Waals surface area (Å²) >= 11 is 1.95. The zero-order valence-corrected chi connectivity index (χ0v) is 12.7. The molecule has 3 heteroatoms. The highest BCUT2D eigenvalue weighted by Crippen LogP contribution is 2.45. The summed E-state index contributed by atoms with van der Waals surface area (Å²) in [6.45, 7) is 0. The van der Waals surface area contributed by atoms with E-state index in [1.54, 1.807) is 0 Å². The van der Waals surface area contributed by atoms with Crippen LogP contribution in [-0.2, 0) is 0 Å². The Morgan fingerprint density at radius 2 is 1.90 bits per heavy atom. The van der Waals surface area contributed by atoms with E-state index in [4.69, 9.17) is 4.99 Å². The monoisotopic (exact) mass is 286 g/mol. The highest BCUT2D eigenvalue weighted by Gasteiger charge is 2.42. The Bertz CT molecular complexity index is 505. The zero-order chi connectivity index (χ0) is 13.4. The van der Waals surface area contributed by atoms with Crippen molar-refractivity contribution in [2.75, 3.05) is 5.75 Å². The van der Waals surface area contributed by atoms with Gasteiger partial charge in [0.05, 0.1) is 6.04 Å². The maximum Gasteiger partial charge on any atom is 0.157 e. The van der Waals surface area contributed by atoms with Gasteiger partial charge in [-0.3, -0.25) is 4.99 Å². The second-order valence-corrected chi connectivity index (χ2v) is 7.47. The van der Waals surface area contributed by atoms with Crippen molar-refractivity contribution in [3.63, 3.8) is 0 Å². The molecule has 2 aliphatic carbocycles. The maximum absolute atomic E-state index is 4.96. The van der Waals surface area contributed by atoms with Gasteiger partial charge >= 0.3 is 0 Å². The number of thioether (sulfide) groups is 1. The van der Waals surface area contributed by atoms with Gasteiger partial charge in [-0.1, -0.05) is 61.4 Å². The van der Waals surface area contributed by atoms with E-state index in [1.165, 1.54) is 55.0 Å². The van der Waals surface area contributed by atoms with Gasteiger partial charge in [0.25, 0.3) is 0 Å². The number of hydrogen-bond acceptors (Lipinski definition) is 2. The fraction of sp³-hybridized carbons (Fsp3) is 0.588. The van der Waals surface area contributed by atoms with Crippen LogP contribution in [0.3, 0.4) is 0 Å². The fourth-order valence-corrected chi connectivity index (χ4v) is 4.88. The molecule has 1 saturated heterocycles. The molecule has 2 saturated carbocycles. The summed E-state index contributed by atoms with van der Waals surface area (Å²) in [5, 5.41) is 4.98. The summed E-state index contributed by atoms with van der Waals surface area (Å²) in [7, 11) is 0. The summed E-state index contributed by atoms with van der Waals surface area (Å²) in [5.41, 5.74) is 1.84. The number of nitrogens with zero attached hydrogens (tertiary/aromatic N) is 1. The van der Waals surface area contributed by atoms with E-state index in [1.807, 2.05) is 11.8 Å². The predicted molar refractivity (Wildman–Crippen MR) is 86.4 cm³/mol. The summed E-state index contributed by atoms with van der Waals surface area (Å²) < 4.78 is 0. The van der Waals surface area contributed by atoms with Crippen LogP contribution in [0.25, 0.3) is 0 Å². The van der Waals surface area contributed by atoms with E-state index >= 15 is 0 Å². The third-order valence-electron chi connectivity index (χ3n) is 4.94. The van der Waals surface area contributed by atoms with Gasteiger partial charge in [-0.05, 0) is 24.8 Å². The number of aliphatic imine (C=N–C) groups is 1. The van der Waals surface area contributed by atoms with Gasteiger partial charge in [0.15, 0.2) is 5.17 Å². The molecule has 2 unspecified atom stereocenters. The first kappa shape index (κ1) is 12.8. The first-order chi connectivity index (χ1) is 9.85. The highest BCUT2D eigenvalue weighted by atomic mass is 32.2. The molecule has 106 valence electrons. The minimum absolute atomic E-state index is 0.388. The highest BCUT2D eigenvalue weighted by molar-refractivity contribution is 8.14. The molecule has 1 aromatic carbocycles. The molecular weight excluding hydrogens is 264 g/mol. The van der Waals surface area contributed by atoms with E-state index in [9.17, 15) is 0 Å². The number of benzene rings is 1. The number of rotatable bonds is 2. The SMILES string of the molecule is c1ccc(C2CC2N=C2NC3(CCCCC3)CS2)cc1. The van der Waals surface area contributed by atoms with Crippen LogP contribution in [0.15, 0.2) is 35.3 Å². The fourth-order valence-electron chi connectivity index (χ4n) is 3.61. The standard InChI is InChI=1S/C17H22N2S/c1-3-7-13(8-4-1)14-11-15(14)18-16-19-17(12-20-16)9-5-2-6-10-17/h1,3-4,7-8,14-15H,2,5-6,9-12H2,(H,18,19). The summed E-state index contributed by atoms with van der Waals surface area (Å²) in [5.74, 6) is 1.89. The van der Waals surface area contributed by atoms with Crippen LogP contribution in [0.4, 0.5) is 0 Å². The molecule has 1 heterocycles. The number of amidine groups is 1. The smallest absolute Gasteiger partial charge is 0.157 e. The molecule has 2 nitrogen and oxygen atoms in total. The minimum atomic E-state index is 0.388. The lowest BCUT2D eigenvalue weighted by Gasteiger charge is -2.32. The molecule has 2 atom stereocenters. The van der Waals surface area contributed by atoms with Crippen LogP contribution in [0.5, 0.6) is 0 Å². The quantitative estimate of drug-likeness (QED) is 0.890. The Morgan fingerprint density at radius 3 is 2.70 bits per heavy atom. The van der Waals surface area contributed by atoms with Crippen molar-refractivity contribution in [2.45, 2.75) is 56.0 Å². The molecule has 0 aromatic heterocycles. The van der Waals surface area contributed by atoms with E-state index in [2.05, 4.69) is 35.6 Å². The van der Waals surface area contributed by atoms with Gasteiger partial charge in [0.1, 0.15) is 0 Å². The minimum Gasteiger partial charge on any atom is -0.359 e. The molecule has 3 fully saturated rings. The lowest BCUT2D eigenvalue weighted by atomic mass is 9.83. The molecule has 0 radical (unpaired) electrons.